The Kier molecular flexibility index (Phi) is 5.88. The number of carbonyl (C=O) groups is 1. The van der Waals surface area contributed by atoms with Gasteiger partial charge in [-0.15, -0.1) is 0 Å². The van der Waals surface area contributed by atoms with Crippen LogP contribution in [0.25, 0.3) is 0 Å². The number of methoxy groups -OCH3 is 1. The predicted molar refractivity (Wildman–Crippen MR) is 95.1 cm³/mol. The molecule has 0 radical (unpaired) electrons. The summed E-state index contributed by atoms with van der Waals surface area (Å²) in [6, 6.07) is 3.33. The molecule has 2 amide bonds. The Bertz CT molecular complexity index is 813. The van der Waals surface area contributed by atoms with Crippen molar-refractivity contribution in [3.63, 3.8) is 0 Å². The lowest BCUT2D eigenvalue weighted by Gasteiger charge is -2.09. The zero-order valence-electron chi connectivity index (χ0n) is 14.9. The van der Waals surface area contributed by atoms with Gasteiger partial charge in [0.2, 0.25) is 5.88 Å². The second kappa shape index (κ2) is 8.50. The van der Waals surface area contributed by atoms with Gasteiger partial charge in [0.1, 0.15) is 5.82 Å². The Hall–Kier alpha value is -2.84. The summed E-state index contributed by atoms with van der Waals surface area (Å²) in [6.07, 6.45) is 5.26. The van der Waals surface area contributed by atoms with Gasteiger partial charge >= 0.3 is 11.7 Å². The van der Waals surface area contributed by atoms with Crippen molar-refractivity contribution >= 4 is 6.03 Å². The van der Waals surface area contributed by atoms with Crippen molar-refractivity contribution in [2.45, 2.75) is 45.3 Å². The molecule has 0 atom stereocenters. The smallest absolute Gasteiger partial charge is 0.345 e. The molecule has 9 heteroatoms. The number of rotatable bonds is 7. The van der Waals surface area contributed by atoms with Crippen LogP contribution in [-0.4, -0.2) is 39.0 Å². The first-order chi connectivity index (χ1) is 12.7. The summed E-state index contributed by atoms with van der Waals surface area (Å²) < 4.78 is 8.31. The van der Waals surface area contributed by atoms with Crippen LogP contribution in [0.1, 0.15) is 30.7 Å². The molecule has 3 rings (SSSR count). The molecule has 0 spiro atoms. The van der Waals surface area contributed by atoms with E-state index in [9.17, 15) is 9.59 Å². The summed E-state index contributed by atoms with van der Waals surface area (Å²) in [5.41, 5.74) is 0.859. The maximum absolute atomic E-state index is 12.2. The summed E-state index contributed by atoms with van der Waals surface area (Å²) in [5.74, 6) is 1.39. The minimum atomic E-state index is -0.253. The lowest BCUT2D eigenvalue weighted by atomic mass is 10.2. The first kappa shape index (κ1) is 18.0. The van der Waals surface area contributed by atoms with E-state index < -0.39 is 0 Å². The molecule has 140 valence electrons. The van der Waals surface area contributed by atoms with Gasteiger partial charge in [0.05, 0.1) is 7.11 Å². The van der Waals surface area contributed by atoms with Gasteiger partial charge in [0, 0.05) is 44.9 Å². The highest BCUT2D eigenvalue weighted by Crippen LogP contribution is 2.09. The maximum atomic E-state index is 12.2. The average molecular weight is 360 g/mol. The maximum Gasteiger partial charge on any atom is 0.345 e. The third-order valence-corrected chi connectivity index (χ3v) is 4.33. The average Bonchev–Trinajstić information content (AvgIpc) is 3.00. The Morgan fingerprint density at radius 2 is 2.23 bits per heavy atom. The van der Waals surface area contributed by atoms with Crippen molar-refractivity contribution in [3.05, 3.63) is 40.2 Å². The number of aryl methyl sites for hydroxylation is 2. The minimum Gasteiger partial charge on any atom is -0.481 e. The van der Waals surface area contributed by atoms with E-state index in [1.165, 1.54) is 4.68 Å². The Morgan fingerprint density at radius 1 is 1.35 bits per heavy atom. The SMILES string of the molecule is COc1cc(CNC(=O)NCCCn2nc3n(c2=O)CCCC3)ccn1. The number of fused-ring (bicyclic) bond motifs is 1. The van der Waals surface area contributed by atoms with Crippen LogP contribution in [0.3, 0.4) is 0 Å². The Balaban J connectivity index is 1.39. The van der Waals surface area contributed by atoms with Crippen molar-refractivity contribution in [2.75, 3.05) is 13.7 Å². The van der Waals surface area contributed by atoms with E-state index in [2.05, 4.69) is 20.7 Å². The molecule has 2 aromatic rings. The van der Waals surface area contributed by atoms with Gasteiger partial charge in [-0.25, -0.2) is 19.3 Å². The van der Waals surface area contributed by atoms with E-state index in [4.69, 9.17) is 4.74 Å². The van der Waals surface area contributed by atoms with Crippen LogP contribution in [-0.2, 0) is 26.1 Å². The zero-order chi connectivity index (χ0) is 18.4. The highest BCUT2D eigenvalue weighted by atomic mass is 16.5. The first-order valence-corrected chi connectivity index (χ1v) is 8.84. The number of aromatic nitrogens is 4. The van der Waals surface area contributed by atoms with Gasteiger partial charge in [0.25, 0.3) is 0 Å². The molecule has 0 saturated heterocycles. The largest absolute Gasteiger partial charge is 0.481 e. The molecule has 0 aliphatic carbocycles. The van der Waals surface area contributed by atoms with Gasteiger partial charge in [-0.1, -0.05) is 0 Å². The normalized spacial score (nSPS) is 13.1. The van der Waals surface area contributed by atoms with Crippen LogP contribution in [0.15, 0.2) is 23.1 Å². The van der Waals surface area contributed by atoms with Crippen LogP contribution in [0.4, 0.5) is 4.79 Å². The van der Waals surface area contributed by atoms with Gasteiger partial charge < -0.3 is 15.4 Å². The number of nitrogens with zero attached hydrogens (tertiary/aromatic N) is 4. The third-order valence-electron chi connectivity index (χ3n) is 4.33. The zero-order valence-corrected chi connectivity index (χ0v) is 14.9. The van der Waals surface area contributed by atoms with E-state index in [1.807, 2.05) is 6.07 Å². The van der Waals surface area contributed by atoms with Gasteiger partial charge in [-0.05, 0) is 30.9 Å². The lowest BCUT2D eigenvalue weighted by Crippen LogP contribution is -2.36. The monoisotopic (exact) mass is 360 g/mol. The second-order valence-electron chi connectivity index (χ2n) is 6.20. The van der Waals surface area contributed by atoms with Crippen molar-refractivity contribution in [2.24, 2.45) is 0 Å². The van der Waals surface area contributed by atoms with Gasteiger partial charge in [-0.3, -0.25) is 4.57 Å². The molecule has 1 aliphatic rings. The van der Waals surface area contributed by atoms with Gasteiger partial charge in [-0.2, -0.15) is 5.10 Å². The van der Waals surface area contributed by atoms with Crippen LogP contribution in [0.5, 0.6) is 5.88 Å². The molecule has 2 N–H and O–H groups in total. The molecule has 26 heavy (non-hydrogen) atoms. The highest BCUT2D eigenvalue weighted by molar-refractivity contribution is 5.73. The molecule has 0 saturated carbocycles. The fourth-order valence-corrected chi connectivity index (χ4v) is 2.94. The molecule has 0 aromatic carbocycles. The number of hydrogen-bond acceptors (Lipinski definition) is 5. The summed E-state index contributed by atoms with van der Waals surface area (Å²) in [5, 5.41) is 9.94. The number of urea groups is 1. The lowest BCUT2D eigenvalue weighted by molar-refractivity contribution is 0.240. The van der Waals surface area contributed by atoms with Gasteiger partial charge in [0.15, 0.2) is 0 Å². The van der Waals surface area contributed by atoms with E-state index >= 15 is 0 Å². The number of pyridine rings is 1. The summed E-state index contributed by atoms with van der Waals surface area (Å²) in [6.45, 7) is 2.12. The quantitative estimate of drug-likeness (QED) is 0.707. The number of nitrogens with one attached hydrogen (secondary N) is 2. The Morgan fingerprint density at radius 3 is 3.04 bits per heavy atom. The fourth-order valence-electron chi connectivity index (χ4n) is 2.94. The molecule has 9 nitrogen and oxygen atoms in total. The fraction of sp³-hybridized carbons (Fsp3) is 0.529. The van der Waals surface area contributed by atoms with E-state index in [0.29, 0.717) is 31.9 Å². The summed E-state index contributed by atoms with van der Waals surface area (Å²) in [7, 11) is 1.55. The first-order valence-electron chi connectivity index (χ1n) is 8.84. The molecule has 0 bridgehead atoms. The minimum absolute atomic E-state index is 0.0456. The third kappa shape index (κ3) is 4.41. The second-order valence-corrected chi connectivity index (χ2v) is 6.20. The molecule has 1 aliphatic heterocycles. The highest BCUT2D eigenvalue weighted by Gasteiger charge is 2.16. The van der Waals surface area contributed by atoms with Crippen LogP contribution in [0, 0.1) is 0 Å². The Labute approximate surface area is 151 Å². The van der Waals surface area contributed by atoms with E-state index in [0.717, 1.165) is 37.2 Å². The van der Waals surface area contributed by atoms with Crippen molar-refractivity contribution in [1.29, 1.82) is 0 Å². The standard InChI is InChI=1S/C17H24N6O3/c1-26-15-11-13(6-8-18-15)12-20-16(24)19-7-4-10-23-17(25)22-9-3-2-5-14(22)21-23/h6,8,11H,2-5,7,9-10,12H2,1H3,(H2,19,20,24). The molecule has 0 unspecified atom stereocenters. The van der Waals surface area contributed by atoms with E-state index in [1.54, 1.807) is 23.9 Å². The van der Waals surface area contributed by atoms with Crippen LogP contribution >= 0.6 is 0 Å². The van der Waals surface area contributed by atoms with Crippen LogP contribution in [0.2, 0.25) is 0 Å². The van der Waals surface area contributed by atoms with E-state index in [-0.39, 0.29) is 11.7 Å². The number of hydrogen-bond donors (Lipinski definition) is 2. The summed E-state index contributed by atoms with van der Waals surface area (Å²) >= 11 is 0. The van der Waals surface area contributed by atoms with Crippen molar-refractivity contribution in [1.82, 2.24) is 30.0 Å². The van der Waals surface area contributed by atoms with Crippen molar-refractivity contribution in [3.8, 4) is 5.88 Å². The molecular formula is C17H24N6O3. The van der Waals surface area contributed by atoms with Crippen LogP contribution < -0.4 is 21.1 Å². The van der Waals surface area contributed by atoms with Crippen molar-refractivity contribution < 1.29 is 9.53 Å². The predicted octanol–water partition coefficient (Wildman–Crippen LogP) is 0.674. The number of amides is 2. The number of carbonyl (C=O) groups excluding carboxylic acids is 1. The summed E-state index contributed by atoms with van der Waals surface area (Å²) in [4.78, 5) is 28.1. The topological polar surface area (TPSA) is 103 Å². The number of ether oxygens (including phenoxy) is 1. The molecule has 3 heterocycles. The molecule has 0 fully saturated rings. The molecular weight excluding hydrogens is 336 g/mol. The molecule has 2 aromatic heterocycles.